The van der Waals surface area contributed by atoms with Crippen LogP contribution in [0.5, 0.6) is 5.75 Å². The Morgan fingerprint density at radius 1 is 1.43 bits per heavy atom. The van der Waals surface area contributed by atoms with Crippen molar-refractivity contribution < 1.29 is 24.2 Å². The summed E-state index contributed by atoms with van der Waals surface area (Å²) in [4.78, 5) is 23.0. The number of ether oxygens (including phenoxy) is 2. The average Bonchev–Trinajstić information content (AvgIpc) is 2.43. The molecular weight excluding hydrogens is 276 g/mol. The third-order valence-corrected chi connectivity index (χ3v) is 2.77. The van der Waals surface area contributed by atoms with Gasteiger partial charge in [0.2, 0.25) is 0 Å². The SMILES string of the molecule is COCCCNC(=O)C(C)Oc1cccc(N)c1C(=O)O. The summed E-state index contributed by atoms with van der Waals surface area (Å²) in [6.45, 7) is 2.55. The molecule has 1 aromatic carbocycles. The van der Waals surface area contributed by atoms with Gasteiger partial charge in [0, 0.05) is 25.9 Å². The maximum Gasteiger partial charge on any atom is 0.341 e. The Hall–Kier alpha value is -2.28. The summed E-state index contributed by atoms with van der Waals surface area (Å²) in [5.41, 5.74) is 5.56. The highest BCUT2D eigenvalue weighted by Gasteiger charge is 2.20. The van der Waals surface area contributed by atoms with Crippen LogP contribution in [-0.2, 0) is 9.53 Å². The van der Waals surface area contributed by atoms with Crippen LogP contribution in [-0.4, -0.2) is 43.3 Å². The van der Waals surface area contributed by atoms with Gasteiger partial charge in [-0.25, -0.2) is 4.79 Å². The lowest BCUT2D eigenvalue weighted by Gasteiger charge is -2.16. The molecule has 0 radical (unpaired) electrons. The summed E-state index contributed by atoms with van der Waals surface area (Å²) >= 11 is 0. The van der Waals surface area contributed by atoms with Gasteiger partial charge in [0.1, 0.15) is 11.3 Å². The smallest absolute Gasteiger partial charge is 0.341 e. The second-order valence-electron chi connectivity index (χ2n) is 4.42. The van der Waals surface area contributed by atoms with E-state index in [1.54, 1.807) is 20.1 Å². The molecule has 1 amide bonds. The Morgan fingerprint density at radius 3 is 2.76 bits per heavy atom. The van der Waals surface area contributed by atoms with E-state index in [-0.39, 0.29) is 22.9 Å². The molecule has 0 bridgehead atoms. The van der Waals surface area contributed by atoms with E-state index in [1.165, 1.54) is 12.1 Å². The predicted octanol–water partition coefficient (Wildman–Crippen LogP) is 0.887. The third-order valence-electron chi connectivity index (χ3n) is 2.77. The molecule has 1 atom stereocenters. The number of carbonyl (C=O) groups excluding carboxylic acids is 1. The number of hydrogen-bond donors (Lipinski definition) is 3. The lowest BCUT2D eigenvalue weighted by Crippen LogP contribution is -2.37. The molecule has 7 heteroatoms. The van der Waals surface area contributed by atoms with Crippen LogP contribution in [0.1, 0.15) is 23.7 Å². The molecule has 0 saturated carbocycles. The first-order chi connectivity index (χ1) is 9.97. The van der Waals surface area contributed by atoms with Crippen LogP contribution in [0.2, 0.25) is 0 Å². The molecule has 7 nitrogen and oxygen atoms in total. The average molecular weight is 296 g/mol. The van der Waals surface area contributed by atoms with Gasteiger partial charge in [0.05, 0.1) is 0 Å². The number of nitrogen functional groups attached to an aromatic ring is 1. The molecule has 0 fully saturated rings. The van der Waals surface area contributed by atoms with E-state index >= 15 is 0 Å². The van der Waals surface area contributed by atoms with Gasteiger partial charge in [-0.15, -0.1) is 0 Å². The van der Waals surface area contributed by atoms with Crippen LogP contribution in [0.25, 0.3) is 0 Å². The van der Waals surface area contributed by atoms with Gasteiger partial charge in [0.25, 0.3) is 5.91 Å². The summed E-state index contributed by atoms with van der Waals surface area (Å²) in [6.07, 6.45) is -0.138. The zero-order valence-corrected chi connectivity index (χ0v) is 12.1. The Kier molecular flexibility index (Phi) is 6.48. The highest BCUT2D eigenvalue weighted by Crippen LogP contribution is 2.25. The number of carboxylic acid groups (broad SMARTS) is 1. The second kappa shape index (κ2) is 8.11. The number of amides is 1. The Balaban J connectivity index is 2.66. The molecule has 0 aliphatic carbocycles. The number of benzene rings is 1. The van der Waals surface area contributed by atoms with E-state index in [9.17, 15) is 9.59 Å². The number of nitrogens with one attached hydrogen (secondary N) is 1. The normalized spacial score (nSPS) is 11.7. The molecule has 4 N–H and O–H groups in total. The fourth-order valence-corrected chi connectivity index (χ4v) is 1.69. The third kappa shape index (κ3) is 4.96. The van der Waals surface area contributed by atoms with E-state index in [2.05, 4.69) is 5.32 Å². The highest BCUT2D eigenvalue weighted by molar-refractivity contribution is 5.97. The number of hydrogen-bond acceptors (Lipinski definition) is 5. The minimum Gasteiger partial charge on any atom is -0.480 e. The fourth-order valence-electron chi connectivity index (χ4n) is 1.69. The molecule has 0 aromatic heterocycles. The summed E-state index contributed by atoms with van der Waals surface area (Å²) in [7, 11) is 1.58. The minimum absolute atomic E-state index is 0.0713. The maximum absolute atomic E-state index is 11.8. The van der Waals surface area contributed by atoms with Crippen molar-refractivity contribution in [1.82, 2.24) is 5.32 Å². The van der Waals surface area contributed by atoms with Gasteiger partial charge >= 0.3 is 5.97 Å². The summed E-state index contributed by atoms with van der Waals surface area (Å²) in [5.74, 6) is -1.46. The van der Waals surface area contributed by atoms with Gasteiger partial charge in [-0.3, -0.25) is 4.79 Å². The second-order valence-corrected chi connectivity index (χ2v) is 4.42. The predicted molar refractivity (Wildman–Crippen MR) is 77.4 cm³/mol. The van der Waals surface area contributed by atoms with E-state index < -0.39 is 12.1 Å². The topological polar surface area (TPSA) is 111 Å². The Bertz CT molecular complexity index is 504. The van der Waals surface area contributed by atoms with Gasteiger partial charge < -0.3 is 25.6 Å². The first-order valence-electron chi connectivity index (χ1n) is 6.52. The summed E-state index contributed by atoms with van der Waals surface area (Å²) in [5, 5.41) is 11.8. The van der Waals surface area contributed by atoms with Crippen LogP contribution in [0.15, 0.2) is 18.2 Å². The van der Waals surface area contributed by atoms with Crippen molar-refractivity contribution in [2.24, 2.45) is 0 Å². The van der Waals surface area contributed by atoms with Crippen LogP contribution in [0.4, 0.5) is 5.69 Å². The number of carbonyl (C=O) groups is 2. The molecule has 1 unspecified atom stereocenters. The number of carboxylic acids is 1. The Labute approximate surface area is 123 Å². The van der Waals surface area contributed by atoms with Crippen molar-refractivity contribution in [3.8, 4) is 5.75 Å². The number of rotatable bonds is 8. The molecule has 0 aliphatic rings. The van der Waals surface area contributed by atoms with Gasteiger partial charge in [-0.05, 0) is 25.5 Å². The highest BCUT2D eigenvalue weighted by atomic mass is 16.5. The molecule has 0 heterocycles. The van der Waals surface area contributed by atoms with Crippen LogP contribution >= 0.6 is 0 Å². The van der Waals surface area contributed by atoms with E-state index in [1.807, 2.05) is 0 Å². The lowest BCUT2D eigenvalue weighted by molar-refractivity contribution is -0.127. The standard InChI is InChI=1S/C14H20N2O5/c1-9(13(17)16-7-4-8-20-2)21-11-6-3-5-10(15)12(11)14(18)19/h3,5-6,9H,4,7-8,15H2,1-2H3,(H,16,17)(H,18,19). The minimum atomic E-state index is -1.20. The van der Waals surface area contributed by atoms with Crippen molar-refractivity contribution in [2.75, 3.05) is 26.0 Å². The Morgan fingerprint density at radius 2 is 2.14 bits per heavy atom. The molecule has 21 heavy (non-hydrogen) atoms. The molecule has 116 valence electrons. The quantitative estimate of drug-likeness (QED) is 0.485. The van der Waals surface area contributed by atoms with Crippen molar-refractivity contribution in [3.63, 3.8) is 0 Å². The van der Waals surface area contributed by atoms with Crippen LogP contribution < -0.4 is 15.8 Å². The monoisotopic (exact) mass is 296 g/mol. The fraction of sp³-hybridized carbons (Fsp3) is 0.429. The van der Waals surface area contributed by atoms with Gasteiger partial charge in [-0.2, -0.15) is 0 Å². The first-order valence-corrected chi connectivity index (χ1v) is 6.52. The zero-order chi connectivity index (χ0) is 15.8. The van der Waals surface area contributed by atoms with Crippen LogP contribution in [0.3, 0.4) is 0 Å². The number of aromatic carboxylic acids is 1. The van der Waals surface area contributed by atoms with Crippen LogP contribution in [0, 0.1) is 0 Å². The molecule has 1 rings (SSSR count). The van der Waals surface area contributed by atoms with E-state index in [0.717, 1.165) is 0 Å². The van der Waals surface area contributed by atoms with Gasteiger partial charge in [-0.1, -0.05) is 6.07 Å². The van der Waals surface area contributed by atoms with E-state index in [4.69, 9.17) is 20.3 Å². The number of nitrogens with two attached hydrogens (primary N) is 1. The molecule has 1 aromatic rings. The van der Waals surface area contributed by atoms with Crippen molar-refractivity contribution in [2.45, 2.75) is 19.4 Å². The lowest BCUT2D eigenvalue weighted by atomic mass is 10.1. The largest absolute Gasteiger partial charge is 0.480 e. The molecule has 0 aliphatic heterocycles. The molecule has 0 spiro atoms. The van der Waals surface area contributed by atoms with Crippen molar-refractivity contribution in [3.05, 3.63) is 23.8 Å². The number of anilines is 1. The van der Waals surface area contributed by atoms with Crippen molar-refractivity contribution in [1.29, 1.82) is 0 Å². The summed E-state index contributed by atoms with van der Waals surface area (Å²) in [6, 6.07) is 4.50. The summed E-state index contributed by atoms with van der Waals surface area (Å²) < 4.78 is 10.3. The molecular formula is C14H20N2O5. The van der Waals surface area contributed by atoms with Crippen molar-refractivity contribution >= 4 is 17.6 Å². The van der Waals surface area contributed by atoms with E-state index in [0.29, 0.717) is 19.6 Å². The van der Waals surface area contributed by atoms with Gasteiger partial charge in [0.15, 0.2) is 6.10 Å². The first kappa shape index (κ1) is 16.8. The number of methoxy groups -OCH3 is 1. The molecule has 0 saturated heterocycles. The maximum atomic E-state index is 11.8. The zero-order valence-electron chi connectivity index (χ0n) is 12.1.